The Morgan fingerprint density at radius 1 is 1.47 bits per heavy atom. The molecule has 1 aliphatic rings. The van der Waals surface area contributed by atoms with Crippen LogP contribution in [0.25, 0.3) is 10.7 Å². The molecule has 3 rings (SSSR count). The van der Waals surface area contributed by atoms with Crippen LogP contribution in [0.3, 0.4) is 0 Å². The van der Waals surface area contributed by atoms with Gasteiger partial charge in [0.15, 0.2) is 5.82 Å². The maximum Gasteiger partial charge on any atom is 0.171 e. The lowest BCUT2D eigenvalue weighted by molar-refractivity contribution is 0.109. The zero-order valence-corrected chi connectivity index (χ0v) is 12.1. The van der Waals surface area contributed by atoms with Gasteiger partial charge in [-0.2, -0.15) is 0 Å². The van der Waals surface area contributed by atoms with Gasteiger partial charge in [-0.1, -0.05) is 11.6 Å². The summed E-state index contributed by atoms with van der Waals surface area (Å²) in [5.41, 5.74) is 2.16. The molecule has 6 heteroatoms. The monoisotopic (exact) mass is 295 g/mol. The maximum absolute atomic E-state index is 5.97. The molecule has 0 fully saturated rings. The zero-order valence-electron chi connectivity index (χ0n) is 10.6. The minimum Gasteiger partial charge on any atom is -0.376 e. The fourth-order valence-electron chi connectivity index (χ4n) is 2.09. The van der Waals surface area contributed by atoms with E-state index in [9.17, 15) is 0 Å². The highest BCUT2D eigenvalue weighted by Crippen LogP contribution is 2.30. The highest BCUT2D eigenvalue weighted by molar-refractivity contribution is 7.14. The van der Waals surface area contributed by atoms with Crippen molar-refractivity contribution in [2.24, 2.45) is 0 Å². The van der Waals surface area contributed by atoms with Crippen molar-refractivity contribution < 1.29 is 4.74 Å². The molecule has 0 bridgehead atoms. The molecule has 0 unspecified atom stereocenters. The summed E-state index contributed by atoms with van der Waals surface area (Å²) in [6.45, 7) is 4.19. The molecule has 100 valence electrons. The molecular formula is C13H14ClN3OS. The molecule has 1 N–H and O–H groups in total. The van der Waals surface area contributed by atoms with Gasteiger partial charge in [0.1, 0.15) is 5.82 Å². The zero-order chi connectivity index (χ0) is 13.2. The predicted molar refractivity (Wildman–Crippen MR) is 77.9 cm³/mol. The van der Waals surface area contributed by atoms with Gasteiger partial charge < -0.3 is 10.1 Å². The Labute approximate surface area is 120 Å². The molecule has 2 aromatic rings. The van der Waals surface area contributed by atoms with E-state index in [4.69, 9.17) is 16.3 Å². The van der Waals surface area contributed by atoms with Gasteiger partial charge in [-0.05, 0) is 13.0 Å². The number of nitrogens with zero attached hydrogens (tertiary/aromatic N) is 2. The first-order valence-electron chi connectivity index (χ1n) is 6.23. The Balaban J connectivity index is 2.08. The van der Waals surface area contributed by atoms with Gasteiger partial charge in [-0.3, -0.25) is 0 Å². The van der Waals surface area contributed by atoms with E-state index in [1.165, 1.54) is 0 Å². The predicted octanol–water partition coefficient (Wildman–Crippen LogP) is 3.36. The lowest BCUT2D eigenvalue weighted by atomic mass is 10.1. The number of nitrogens with one attached hydrogen (secondary N) is 1. The van der Waals surface area contributed by atoms with Crippen molar-refractivity contribution in [2.45, 2.75) is 20.0 Å². The van der Waals surface area contributed by atoms with Crippen molar-refractivity contribution in [1.82, 2.24) is 9.97 Å². The second-order valence-electron chi connectivity index (χ2n) is 4.28. The number of anilines is 1. The molecule has 0 spiro atoms. The van der Waals surface area contributed by atoms with Gasteiger partial charge in [0, 0.05) is 23.9 Å². The number of hydrogen-bond acceptors (Lipinski definition) is 5. The molecule has 4 nitrogen and oxygen atoms in total. The third-order valence-corrected chi connectivity index (χ3v) is 4.23. The van der Waals surface area contributed by atoms with Crippen molar-refractivity contribution in [3.05, 3.63) is 27.7 Å². The second-order valence-corrected chi connectivity index (χ2v) is 5.63. The van der Waals surface area contributed by atoms with E-state index in [-0.39, 0.29) is 0 Å². The van der Waals surface area contributed by atoms with Gasteiger partial charge >= 0.3 is 0 Å². The standard InChI is InChI=1S/C13H14ClN3OS/c1-2-15-12-9-6-18-4-3-10(9)16-13(17-12)11-5-8(14)7-19-11/h5,7H,2-4,6H2,1H3,(H,15,16,17). The van der Waals surface area contributed by atoms with Crippen LogP contribution >= 0.6 is 22.9 Å². The average molecular weight is 296 g/mol. The van der Waals surface area contributed by atoms with Crippen molar-refractivity contribution in [1.29, 1.82) is 0 Å². The number of fused-ring (bicyclic) bond motifs is 1. The number of ether oxygens (including phenoxy) is 1. The number of aromatic nitrogens is 2. The van der Waals surface area contributed by atoms with Crippen LogP contribution in [0.1, 0.15) is 18.2 Å². The molecule has 2 aromatic heterocycles. The molecule has 0 atom stereocenters. The summed E-state index contributed by atoms with van der Waals surface area (Å²) in [6.07, 6.45) is 0.836. The quantitative estimate of drug-likeness (QED) is 0.943. The molecule has 0 aromatic carbocycles. The van der Waals surface area contributed by atoms with Gasteiger partial charge in [0.25, 0.3) is 0 Å². The van der Waals surface area contributed by atoms with Crippen LogP contribution in [0.4, 0.5) is 5.82 Å². The highest BCUT2D eigenvalue weighted by Gasteiger charge is 2.19. The van der Waals surface area contributed by atoms with Gasteiger partial charge in [-0.15, -0.1) is 11.3 Å². The Morgan fingerprint density at radius 2 is 2.37 bits per heavy atom. The Hall–Kier alpha value is -1.17. The largest absolute Gasteiger partial charge is 0.376 e. The molecule has 19 heavy (non-hydrogen) atoms. The summed E-state index contributed by atoms with van der Waals surface area (Å²) in [4.78, 5) is 10.3. The summed E-state index contributed by atoms with van der Waals surface area (Å²) < 4.78 is 5.49. The van der Waals surface area contributed by atoms with Crippen LogP contribution in [0.5, 0.6) is 0 Å². The lowest BCUT2D eigenvalue weighted by Crippen LogP contribution is -2.17. The first-order valence-corrected chi connectivity index (χ1v) is 7.49. The van der Waals surface area contributed by atoms with E-state index in [2.05, 4.69) is 22.2 Å². The summed E-state index contributed by atoms with van der Waals surface area (Å²) in [5.74, 6) is 1.63. The van der Waals surface area contributed by atoms with E-state index < -0.39 is 0 Å². The van der Waals surface area contributed by atoms with E-state index in [1.54, 1.807) is 11.3 Å². The van der Waals surface area contributed by atoms with E-state index in [1.807, 2.05) is 11.4 Å². The lowest BCUT2D eigenvalue weighted by Gasteiger charge is -2.19. The second kappa shape index (κ2) is 5.45. The topological polar surface area (TPSA) is 47.0 Å². The summed E-state index contributed by atoms with van der Waals surface area (Å²) in [6, 6.07) is 1.91. The first kappa shape index (κ1) is 12.8. The third-order valence-electron chi connectivity index (χ3n) is 2.95. The van der Waals surface area contributed by atoms with Crippen LogP contribution in [0.2, 0.25) is 5.02 Å². The minimum absolute atomic E-state index is 0.586. The number of thiophene rings is 1. The van der Waals surface area contributed by atoms with Gasteiger partial charge in [0.05, 0.1) is 28.8 Å². The van der Waals surface area contributed by atoms with Gasteiger partial charge in [0.2, 0.25) is 0 Å². The van der Waals surface area contributed by atoms with Crippen LogP contribution in [-0.4, -0.2) is 23.1 Å². The van der Waals surface area contributed by atoms with Crippen LogP contribution < -0.4 is 5.32 Å². The van der Waals surface area contributed by atoms with E-state index >= 15 is 0 Å². The molecule has 1 aliphatic heterocycles. The summed E-state index contributed by atoms with van der Waals surface area (Å²) >= 11 is 7.54. The Bertz CT molecular complexity index is 600. The Kier molecular flexibility index (Phi) is 3.68. The molecule has 0 aliphatic carbocycles. The van der Waals surface area contributed by atoms with Crippen LogP contribution in [-0.2, 0) is 17.8 Å². The summed E-state index contributed by atoms with van der Waals surface area (Å²) in [5, 5.41) is 5.92. The molecule has 0 saturated heterocycles. The van der Waals surface area contributed by atoms with Crippen molar-refractivity contribution in [3.63, 3.8) is 0 Å². The molecule has 0 radical (unpaired) electrons. The van der Waals surface area contributed by atoms with E-state index in [0.717, 1.165) is 52.4 Å². The van der Waals surface area contributed by atoms with Crippen molar-refractivity contribution in [3.8, 4) is 10.7 Å². The normalized spacial score (nSPS) is 14.2. The smallest absolute Gasteiger partial charge is 0.171 e. The Morgan fingerprint density at radius 3 is 3.11 bits per heavy atom. The van der Waals surface area contributed by atoms with E-state index in [0.29, 0.717) is 6.61 Å². The SMILES string of the molecule is CCNc1nc(-c2cc(Cl)cs2)nc2c1COCC2. The fraction of sp³-hybridized carbons (Fsp3) is 0.385. The molecular weight excluding hydrogens is 282 g/mol. The number of rotatable bonds is 3. The van der Waals surface area contributed by atoms with Gasteiger partial charge in [-0.25, -0.2) is 9.97 Å². The fourth-order valence-corrected chi connectivity index (χ4v) is 3.09. The number of halogens is 1. The number of hydrogen-bond donors (Lipinski definition) is 1. The van der Waals surface area contributed by atoms with Crippen LogP contribution in [0.15, 0.2) is 11.4 Å². The third kappa shape index (κ3) is 2.59. The highest BCUT2D eigenvalue weighted by atomic mass is 35.5. The minimum atomic E-state index is 0.586. The molecule has 0 saturated carbocycles. The molecule has 3 heterocycles. The average Bonchev–Trinajstić information content (AvgIpc) is 2.86. The van der Waals surface area contributed by atoms with Crippen molar-refractivity contribution >= 4 is 28.8 Å². The summed E-state index contributed by atoms with van der Waals surface area (Å²) in [7, 11) is 0. The van der Waals surface area contributed by atoms with Crippen molar-refractivity contribution in [2.75, 3.05) is 18.5 Å². The molecule has 0 amide bonds. The van der Waals surface area contributed by atoms with Crippen LogP contribution in [0, 0.1) is 0 Å². The first-order chi connectivity index (χ1) is 9.28. The maximum atomic E-state index is 5.97.